The molecule has 0 aliphatic heterocycles. The molecule has 0 heterocycles. The minimum atomic E-state index is -0.192. The summed E-state index contributed by atoms with van der Waals surface area (Å²) in [6, 6.07) is 19.8. The Morgan fingerprint density at radius 1 is 1.05 bits per heavy atom. The van der Waals surface area contributed by atoms with Crippen molar-refractivity contribution in [2.24, 2.45) is 5.92 Å². The molecule has 2 heteroatoms. The molecule has 2 aromatic carbocycles. The summed E-state index contributed by atoms with van der Waals surface area (Å²) in [7, 11) is 0. The number of benzene rings is 2. The van der Waals surface area contributed by atoms with Crippen LogP contribution in [0.25, 0.3) is 11.1 Å². The van der Waals surface area contributed by atoms with E-state index in [1.807, 2.05) is 61.5 Å². The van der Waals surface area contributed by atoms with Crippen LogP contribution in [-0.4, -0.2) is 5.78 Å². The Kier molecular flexibility index (Phi) is 4.68. The van der Waals surface area contributed by atoms with Crippen molar-refractivity contribution in [3.63, 3.8) is 0 Å². The zero-order valence-corrected chi connectivity index (χ0v) is 11.5. The van der Waals surface area contributed by atoms with Gasteiger partial charge >= 0.3 is 0 Å². The molecule has 0 aliphatic carbocycles. The van der Waals surface area contributed by atoms with Gasteiger partial charge in [0.15, 0.2) is 5.78 Å². The van der Waals surface area contributed by atoms with Gasteiger partial charge in [-0.05, 0) is 17.5 Å². The Hall–Kier alpha value is -2.40. The third-order valence-electron chi connectivity index (χ3n) is 3.48. The van der Waals surface area contributed by atoms with Crippen LogP contribution in [0.15, 0.2) is 54.6 Å². The summed E-state index contributed by atoms with van der Waals surface area (Å²) in [4.78, 5) is 12.3. The molecule has 2 rings (SSSR count). The van der Waals surface area contributed by atoms with Crippen LogP contribution in [0.1, 0.15) is 30.1 Å². The second-order valence-electron chi connectivity index (χ2n) is 4.78. The van der Waals surface area contributed by atoms with Crippen LogP contribution in [0, 0.1) is 17.2 Å². The van der Waals surface area contributed by atoms with Crippen molar-refractivity contribution in [2.45, 2.75) is 19.8 Å². The monoisotopic (exact) mass is 263 g/mol. The fourth-order valence-corrected chi connectivity index (χ4v) is 2.23. The molecule has 20 heavy (non-hydrogen) atoms. The van der Waals surface area contributed by atoms with E-state index in [9.17, 15) is 4.79 Å². The van der Waals surface area contributed by atoms with E-state index < -0.39 is 0 Å². The lowest BCUT2D eigenvalue weighted by atomic mass is 9.92. The molecule has 0 saturated carbocycles. The molecule has 0 spiro atoms. The second-order valence-corrected chi connectivity index (χ2v) is 4.78. The van der Waals surface area contributed by atoms with E-state index in [1.165, 1.54) is 0 Å². The fourth-order valence-electron chi connectivity index (χ4n) is 2.23. The zero-order valence-electron chi connectivity index (χ0n) is 11.5. The largest absolute Gasteiger partial charge is 0.294 e. The summed E-state index contributed by atoms with van der Waals surface area (Å²) >= 11 is 0. The standard InChI is InChI=1S/C18H17NO/c1-2-14(12-13-19)18(20)17-10-8-16(9-11-17)15-6-4-3-5-7-15/h3-11,14H,2,12H2,1H3. The molecule has 2 aromatic rings. The highest BCUT2D eigenvalue weighted by Crippen LogP contribution is 2.21. The van der Waals surface area contributed by atoms with Crippen molar-refractivity contribution in [3.8, 4) is 17.2 Å². The average molecular weight is 263 g/mol. The Morgan fingerprint density at radius 3 is 2.20 bits per heavy atom. The lowest BCUT2D eigenvalue weighted by Crippen LogP contribution is -2.13. The van der Waals surface area contributed by atoms with Gasteiger partial charge in [-0.3, -0.25) is 4.79 Å². The molecule has 0 aromatic heterocycles. The molecule has 0 aliphatic rings. The van der Waals surface area contributed by atoms with Crippen LogP contribution in [0.3, 0.4) is 0 Å². The number of nitrogens with zero attached hydrogens (tertiary/aromatic N) is 1. The van der Waals surface area contributed by atoms with Crippen LogP contribution < -0.4 is 0 Å². The molecule has 0 bridgehead atoms. The number of Topliss-reactive ketones (excluding diaryl/α,β-unsaturated/α-hetero) is 1. The predicted octanol–water partition coefficient (Wildman–Crippen LogP) is 4.48. The van der Waals surface area contributed by atoms with Crippen molar-refractivity contribution in [2.75, 3.05) is 0 Å². The maximum absolute atomic E-state index is 12.3. The van der Waals surface area contributed by atoms with Gasteiger partial charge in [0.05, 0.1) is 6.07 Å². The summed E-state index contributed by atoms with van der Waals surface area (Å²) in [5.41, 5.74) is 2.91. The van der Waals surface area contributed by atoms with Gasteiger partial charge < -0.3 is 0 Å². The highest BCUT2D eigenvalue weighted by molar-refractivity contribution is 5.98. The third-order valence-corrected chi connectivity index (χ3v) is 3.48. The number of carbonyl (C=O) groups is 1. The molecular formula is C18H17NO. The molecule has 100 valence electrons. The molecular weight excluding hydrogens is 246 g/mol. The van der Waals surface area contributed by atoms with Crippen LogP contribution in [0.5, 0.6) is 0 Å². The molecule has 1 unspecified atom stereocenters. The fraction of sp³-hybridized carbons (Fsp3) is 0.222. The Bertz CT molecular complexity index is 608. The van der Waals surface area contributed by atoms with Crippen LogP contribution >= 0.6 is 0 Å². The number of nitriles is 1. The van der Waals surface area contributed by atoms with E-state index in [2.05, 4.69) is 6.07 Å². The minimum absolute atomic E-state index is 0.0636. The first-order chi connectivity index (χ1) is 9.76. The maximum Gasteiger partial charge on any atom is 0.166 e. The first-order valence-electron chi connectivity index (χ1n) is 6.83. The maximum atomic E-state index is 12.3. The predicted molar refractivity (Wildman–Crippen MR) is 80.2 cm³/mol. The quantitative estimate of drug-likeness (QED) is 0.746. The van der Waals surface area contributed by atoms with Gasteiger partial charge in [-0.25, -0.2) is 0 Å². The van der Waals surface area contributed by atoms with Gasteiger partial charge in [0, 0.05) is 17.9 Å². The molecule has 2 nitrogen and oxygen atoms in total. The summed E-state index contributed by atoms with van der Waals surface area (Å²) < 4.78 is 0. The third kappa shape index (κ3) is 3.13. The molecule has 0 fully saturated rings. The van der Waals surface area contributed by atoms with E-state index in [0.29, 0.717) is 12.0 Å². The first kappa shape index (κ1) is 14.0. The number of hydrogen-bond donors (Lipinski definition) is 0. The molecule has 0 radical (unpaired) electrons. The molecule has 0 N–H and O–H groups in total. The van der Waals surface area contributed by atoms with Crippen LogP contribution in [0.4, 0.5) is 0 Å². The van der Waals surface area contributed by atoms with E-state index in [-0.39, 0.29) is 18.1 Å². The Balaban J connectivity index is 2.20. The van der Waals surface area contributed by atoms with Gasteiger partial charge in [-0.1, -0.05) is 61.5 Å². The van der Waals surface area contributed by atoms with Gasteiger partial charge in [0.2, 0.25) is 0 Å². The van der Waals surface area contributed by atoms with Crippen molar-refractivity contribution in [1.82, 2.24) is 0 Å². The molecule has 0 amide bonds. The highest BCUT2D eigenvalue weighted by atomic mass is 16.1. The number of hydrogen-bond acceptors (Lipinski definition) is 2. The highest BCUT2D eigenvalue weighted by Gasteiger charge is 2.17. The molecule has 1 atom stereocenters. The van der Waals surface area contributed by atoms with Gasteiger partial charge in [-0.15, -0.1) is 0 Å². The lowest BCUT2D eigenvalue weighted by Gasteiger charge is -2.10. The SMILES string of the molecule is CCC(CC#N)C(=O)c1ccc(-c2ccccc2)cc1. The first-order valence-corrected chi connectivity index (χ1v) is 6.83. The van der Waals surface area contributed by atoms with E-state index >= 15 is 0 Å². The van der Waals surface area contributed by atoms with Crippen molar-refractivity contribution in [3.05, 3.63) is 60.2 Å². The van der Waals surface area contributed by atoms with E-state index in [1.54, 1.807) is 0 Å². The average Bonchev–Trinajstić information content (AvgIpc) is 2.53. The van der Waals surface area contributed by atoms with E-state index in [0.717, 1.165) is 11.1 Å². The van der Waals surface area contributed by atoms with Gasteiger partial charge in [0.1, 0.15) is 0 Å². The Labute approximate surface area is 119 Å². The van der Waals surface area contributed by atoms with Crippen LogP contribution in [0.2, 0.25) is 0 Å². The summed E-state index contributed by atoms with van der Waals surface area (Å²) in [5, 5.41) is 8.75. The zero-order chi connectivity index (χ0) is 14.4. The van der Waals surface area contributed by atoms with Gasteiger partial charge in [0.25, 0.3) is 0 Å². The topological polar surface area (TPSA) is 40.9 Å². The van der Waals surface area contributed by atoms with E-state index in [4.69, 9.17) is 5.26 Å². The summed E-state index contributed by atoms with van der Waals surface area (Å²) in [6.07, 6.45) is 0.989. The van der Waals surface area contributed by atoms with Crippen molar-refractivity contribution < 1.29 is 4.79 Å². The number of carbonyl (C=O) groups excluding carboxylic acids is 1. The Morgan fingerprint density at radius 2 is 1.65 bits per heavy atom. The number of ketones is 1. The minimum Gasteiger partial charge on any atom is -0.294 e. The second kappa shape index (κ2) is 6.68. The van der Waals surface area contributed by atoms with Crippen molar-refractivity contribution in [1.29, 1.82) is 5.26 Å². The van der Waals surface area contributed by atoms with Crippen molar-refractivity contribution >= 4 is 5.78 Å². The number of rotatable bonds is 5. The molecule has 0 saturated heterocycles. The lowest BCUT2D eigenvalue weighted by molar-refractivity contribution is 0.0918. The summed E-state index contributed by atoms with van der Waals surface area (Å²) in [5.74, 6) is -0.128. The van der Waals surface area contributed by atoms with Crippen LogP contribution in [-0.2, 0) is 0 Å². The smallest absolute Gasteiger partial charge is 0.166 e. The van der Waals surface area contributed by atoms with Gasteiger partial charge in [-0.2, -0.15) is 5.26 Å². The summed E-state index contributed by atoms with van der Waals surface area (Å²) in [6.45, 7) is 1.94. The normalized spacial score (nSPS) is 11.6.